The Morgan fingerprint density at radius 2 is 2.05 bits per heavy atom. The van der Waals surface area contributed by atoms with E-state index in [0.29, 0.717) is 25.5 Å². The van der Waals surface area contributed by atoms with Crippen LogP contribution in [0.1, 0.15) is 12.0 Å². The minimum Gasteiger partial charge on any atom is -0.477 e. The summed E-state index contributed by atoms with van der Waals surface area (Å²) in [6, 6.07) is 8.09. The molecule has 1 aromatic heterocycles. The highest BCUT2D eigenvalue weighted by atomic mass is 19.1. The molecule has 6 heteroatoms. The van der Waals surface area contributed by atoms with E-state index in [1.807, 2.05) is 11.9 Å². The Morgan fingerprint density at radius 3 is 2.82 bits per heavy atom. The molecule has 0 radical (unpaired) electrons. The summed E-state index contributed by atoms with van der Waals surface area (Å²) >= 11 is 0. The van der Waals surface area contributed by atoms with Crippen molar-refractivity contribution in [3.05, 3.63) is 52.2 Å². The zero-order valence-electron chi connectivity index (χ0n) is 12.5. The van der Waals surface area contributed by atoms with Crippen molar-refractivity contribution >= 4 is 5.82 Å². The van der Waals surface area contributed by atoms with E-state index >= 15 is 0 Å². The SMILES string of the molecule is CN1CCCn2c1cc(OCCc1ccc(F)cc1)nc2=O. The Hall–Kier alpha value is -2.37. The molecule has 3 rings (SSSR count). The lowest BCUT2D eigenvalue weighted by atomic mass is 10.2. The van der Waals surface area contributed by atoms with Crippen LogP contribution in [0.5, 0.6) is 5.88 Å². The second kappa shape index (κ2) is 6.17. The Kier molecular flexibility index (Phi) is 4.09. The third kappa shape index (κ3) is 3.10. The van der Waals surface area contributed by atoms with Crippen molar-refractivity contribution in [1.82, 2.24) is 9.55 Å². The minimum atomic E-state index is -0.277. The number of ether oxygens (including phenoxy) is 1. The molecule has 0 atom stereocenters. The third-order valence-electron chi connectivity index (χ3n) is 3.79. The molecule has 0 spiro atoms. The molecular formula is C16H18FN3O2. The molecule has 0 amide bonds. The smallest absolute Gasteiger partial charge is 0.352 e. The van der Waals surface area contributed by atoms with Crippen LogP contribution in [0.15, 0.2) is 35.1 Å². The van der Waals surface area contributed by atoms with Crippen LogP contribution < -0.4 is 15.3 Å². The number of benzene rings is 1. The van der Waals surface area contributed by atoms with Crippen LogP contribution in [0.4, 0.5) is 10.2 Å². The lowest BCUT2D eigenvalue weighted by Crippen LogP contribution is -2.36. The second-order valence-corrected chi connectivity index (χ2v) is 5.39. The van der Waals surface area contributed by atoms with E-state index in [4.69, 9.17) is 4.74 Å². The number of aromatic nitrogens is 2. The molecule has 0 unspecified atom stereocenters. The number of rotatable bonds is 4. The van der Waals surface area contributed by atoms with Gasteiger partial charge >= 0.3 is 5.69 Å². The van der Waals surface area contributed by atoms with Gasteiger partial charge in [-0.15, -0.1) is 0 Å². The predicted octanol–water partition coefficient (Wildman–Crippen LogP) is 1.84. The molecule has 116 valence electrons. The van der Waals surface area contributed by atoms with Crippen molar-refractivity contribution in [3.8, 4) is 5.88 Å². The van der Waals surface area contributed by atoms with Crippen molar-refractivity contribution in [1.29, 1.82) is 0 Å². The van der Waals surface area contributed by atoms with E-state index in [9.17, 15) is 9.18 Å². The van der Waals surface area contributed by atoms with Crippen molar-refractivity contribution in [3.63, 3.8) is 0 Å². The highest BCUT2D eigenvalue weighted by Crippen LogP contribution is 2.20. The minimum absolute atomic E-state index is 0.253. The van der Waals surface area contributed by atoms with Crippen molar-refractivity contribution in [2.45, 2.75) is 19.4 Å². The molecule has 0 saturated heterocycles. The number of anilines is 1. The Balaban J connectivity index is 1.68. The molecular weight excluding hydrogens is 285 g/mol. The first-order chi connectivity index (χ1) is 10.6. The van der Waals surface area contributed by atoms with Crippen LogP contribution in [0.2, 0.25) is 0 Å². The van der Waals surface area contributed by atoms with Crippen LogP contribution >= 0.6 is 0 Å². The maximum Gasteiger partial charge on any atom is 0.352 e. The van der Waals surface area contributed by atoms with E-state index in [-0.39, 0.29) is 11.5 Å². The largest absolute Gasteiger partial charge is 0.477 e. The van der Waals surface area contributed by atoms with E-state index < -0.39 is 0 Å². The van der Waals surface area contributed by atoms with Gasteiger partial charge < -0.3 is 9.64 Å². The van der Waals surface area contributed by atoms with E-state index in [1.54, 1.807) is 22.8 Å². The first kappa shape index (κ1) is 14.6. The molecule has 2 heterocycles. The molecule has 0 saturated carbocycles. The molecule has 1 aliphatic rings. The van der Waals surface area contributed by atoms with Gasteiger partial charge in [-0.2, -0.15) is 4.98 Å². The van der Waals surface area contributed by atoms with Gasteiger partial charge in [0.1, 0.15) is 11.6 Å². The van der Waals surface area contributed by atoms with Crippen LogP contribution in [0, 0.1) is 5.82 Å². The molecule has 0 aliphatic carbocycles. The topological polar surface area (TPSA) is 47.4 Å². The van der Waals surface area contributed by atoms with Crippen molar-refractivity contribution in [2.24, 2.45) is 0 Å². The average molecular weight is 303 g/mol. The van der Waals surface area contributed by atoms with Crippen LogP contribution in [0.3, 0.4) is 0 Å². The highest BCUT2D eigenvalue weighted by molar-refractivity contribution is 5.42. The van der Waals surface area contributed by atoms with Gasteiger partial charge in [-0.05, 0) is 24.1 Å². The molecule has 0 bridgehead atoms. The molecule has 0 N–H and O–H groups in total. The monoisotopic (exact) mass is 303 g/mol. The van der Waals surface area contributed by atoms with Gasteiger partial charge in [0.05, 0.1) is 6.61 Å². The molecule has 2 aromatic rings. The fourth-order valence-corrected chi connectivity index (χ4v) is 2.58. The fraction of sp³-hybridized carbons (Fsp3) is 0.375. The molecule has 1 aliphatic heterocycles. The summed E-state index contributed by atoms with van der Waals surface area (Å²) in [4.78, 5) is 18.0. The first-order valence-corrected chi connectivity index (χ1v) is 7.34. The zero-order valence-corrected chi connectivity index (χ0v) is 12.5. The maximum absolute atomic E-state index is 12.8. The summed E-state index contributed by atoms with van der Waals surface area (Å²) in [5.41, 5.74) is 0.703. The Labute approximate surface area is 128 Å². The maximum atomic E-state index is 12.8. The fourth-order valence-electron chi connectivity index (χ4n) is 2.58. The molecule has 1 aromatic carbocycles. The molecule has 22 heavy (non-hydrogen) atoms. The van der Waals surface area contributed by atoms with Crippen molar-refractivity contribution < 1.29 is 9.13 Å². The number of hydrogen-bond acceptors (Lipinski definition) is 4. The van der Waals surface area contributed by atoms with Gasteiger partial charge in [0.15, 0.2) is 0 Å². The van der Waals surface area contributed by atoms with Gasteiger partial charge in [0.25, 0.3) is 0 Å². The Bertz CT molecular complexity index is 712. The first-order valence-electron chi connectivity index (χ1n) is 7.34. The third-order valence-corrected chi connectivity index (χ3v) is 3.79. The summed E-state index contributed by atoms with van der Waals surface area (Å²) in [5.74, 6) is 0.923. The number of fused-ring (bicyclic) bond motifs is 1. The summed E-state index contributed by atoms with van der Waals surface area (Å²) in [5, 5.41) is 0. The van der Waals surface area contributed by atoms with Gasteiger partial charge in [-0.3, -0.25) is 4.57 Å². The van der Waals surface area contributed by atoms with Crippen molar-refractivity contribution in [2.75, 3.05) is 25.1 Å². The van der Waals surface area contributed by atoms with Gasteiger partial charge in [-0.25, -0.2) is 9.18 Å². The molecule has 5 nitrogen and oxygen atoms in total. The summed E-state index contributed by atoms with van der Waals surface area (Å²) in [6.45, 7) is 2.01. The van der Waals surface area contributed by atoms with Crippen LogP contribution in [0.25, 0.3) is 0 Å². The lowest BCUT2D eigenvalue weighted by Gasteiger charge is -2.28. The van der Waals surface area contributed by atoms with E-state index in [1.165, 1.54) is 12.1 Å². The normalized spacial score (nSPS) is 13.8. The predicted molar refractivity (Wildman–Crippen MR) is 82.0 cm³/mol. The number of halogens is 1. The summed E-state index contributed by atoms with van der Waals surface area (Å²) < 4.78 is 20.1. The highest BCUT2D eigenvalue weighted by Gasteiger charge is 2.16. The van der Waals surface area contributed by atoms with Crippen LogP contribution in [-0.2, 0) is 13.0 Å². The Morgan fingerprint density at radius 1 is 1.27 bits per heavy atom. The summed E-state index contributed by atoms with van der Waals surface area (Å²) in [7, 11) is 1.95. The zero-order chi connectivity index (χ0) is 15.5. The van der Waals surface area contributed by atoms with Gasteiger partial charge in [0.2, 0.25) is 5.88 Å². The quantitative estimate of drug-likeness (QED) is 0.865. The van der Waals surface area contributed by atoms with Crippen LogP contribution in [-0.4, -0.2) is 29.8 Å². The van der Waals surface area contributed by atoms with E-state index in [2.05, 4.69) is 4.98 Å². The average Bonchev–Trinajstić information content (AvgIpc) is 2.50. The lowest BCUT2D eigenvalue weighted by molar-refractivity contribution is 0.305. The summed E-state index contributed by atoms with van der Waals surface area (Å²) in [6.07, 6.45) is 1.58. The van der Waals surface area contributed by atoms with Gasteiger partial charge in [-0.1, -0.05) is 12.1 Å². The number of hydrogen-bond donors (Lipinski definition) is 0. The number of nitrogens with zero attached hydrogens (tertiary/aromatic N) is 3. The molecule has 0 fully saturated rings. The second-order valence-electron chi connectivity index (χ2n) is 5.39. The van der Waals surface area contributed by atoms with Gasteiger partial charge in [0, 0.05) is 32.6 Å². The standard InChI is InChI=1S/C16H18FN3O2/c1-19-8-2-9-20-15(19)11-14(18-16(20)21)22-10-7-12-3-5-13(17)6-4-12/h3-6,11H,2,7-10H2,1H3. The van der Waals surface area contributed by atoms with E-state index in [0.717, 1.165) is 24.3 Å².